The van der Waals surface area contributed by atoms with Crippen LogP contribution in [-0.2, 0) is 11.3 Å². The molecule has 9 heteroatoms. The summed E-state index contributed by atoms with van der Waals surface area (Å²) in [6, 6.07) is 6.86. The fraction of sp³-hybridized carbons (Fsp3) is 0.591. The monoisotopic (exact) mass is 543 g/mol. The summed E-state index contributed by atoms with van der Waals surface area (Å²) in [5.41, 5.74) is 0.265. The number of aliphatic imine (C=N–C) groups is 1. The van der Waals surface area contributed by atoms with Crippen molar-refractivity contribution >= 4 is 36.0 Å². The quantitative estimate of drug-likeness (QED) is 0.343. The molecule has 7 nitrogen and oxygen atoms in total. The number of halogens is 2. The maximum Gasteiger partial charge on any atom is 0.410 e. The van der Waals surface area contributed by atoms with Crippen molar-refractivity contribution in [2.24, 2.45) is 4.99 Å². The number of carbonyl (C=O) groups is 1. The molecule has 2 saturated heterocycles. The van der Waals surface area contributed by atoms with Gasteiger partial charge in [-0.3, -0.25) is 4.99 Å². The average molecular weight is 543 g/mol. The van der Waals surface area contributed by atoms with Crippen LogP contribution in [0.2, 0.25) is 0 Å². The lowest BCUT2D eigenvalue weighted by Crippen LogP contribution is -2.54. The normalized spacial score (nSPS) is 22.9. The Morgan fingerprint density at radius 3 is 2.48 bits per heavy atom. The van der Waals surface area contributed by atoms with E-state index in [2.05, 4.69) is 15.6 Å². The zero-order valence-electron chi connectivity index (χ0n) is 18.4. The molecule has 3 rings (SSSR count). The summed E-state index contributed by atoms with van der Waals surface area (Å²) in [5, 5.41) is 15.4. The van der Waals surface area contributed by atoms with Crippen molar-refractivity contribution in [1.82, 2.24) is 15.5 Å². The summed E-state index contributed by atoms with van der Waals surface area (Å²) in [7, 11) is 1.68. The first kappa shape index (κ1) is 25.2. The Morgan fingerprint density at radius 1 is 1.32 bits per heavy atom. The Hall–Kier alpha value is -2.09. The predicted octanol–water partition coefficient (Wildman–Crippen LogP) is 3.91. The van der Waals surface area contributed by atoms with E-state index >= 15 is 0 Å². The van der Waals surface area contributed by atoms with Gasteiger partial charge in [0.1, 0.15) is 11.4 Å². The van der Waals surface area contributed by atoms with Crippen molar-refractivity contribution < 1.29 is 13.9 Å². The average Bonchev–Trinajstić information content (AvgIpc) is 2.95. The third kappa shape index (κ3) is 6.45. The molecule has 2 fully saturated rings. The van der Waals surface area contributed by atoms with Gasteiger partial charge in [-0.1, -0.05) is 6.07 Å². The van der Waals surface area contributed by atoms with Gasteiger partial charge in [0.25, 0.3) is 0 Å². The smallest absolute Gasteiger partial charge is 0.410 e. The molecule has 2 N–H and O–H groups in total. The Bertz CT molecular complexity index is 850. The van der Waals surface area contributed by atoms with Crippen LogP contribution in [0.4, 0.5) is 9.18 Å². The molecule has 0 saturated carbocycles. The standard InChI is InChI=1S/C22H30FN5O2.HI/c1-22(2,3)30-21(29)28-17-7-8-18(28)11-16(10-17)27-20(25-4)26-13-15-6-5-14(12-24)9-19(15)23;/h5-6,9,16-18H,7-8,10-11,13H2,1-4H3,(H2,25,26,27);1H. The molecule has 0 radical (unpaired) electrons. The molecule has 1 aromatic carbocycles. The van der Waals surface area contributed by atoms with Gasteiger partial charge in [0.15, 0.2) is 5.96 Å². The van der Waals surface area contributed by atoms with Crippen LogP contribution in [-0.4, -0.2) is 47.7 Å². The molecule has 1 aromatic rings. The van der Waals surface area contributed by atoms with Gasteiger partial charge in [-0.15, -0.1) is 24.0 Å². The van der Waals surface area contributed by atoms with Crippen LogP contribution in [0.1, 0.15) is 57.6 Å². The van der Waals surface area contributed by atoms with Crippen molar-refractivity contribution in [3.63, 3.8) is 0 Å². The molecule has 0 aromatic heterocycles. The number of ether oxygens (including phenoxy) is 1. The predicted molar refractivity (Wildman–Crippen MR) is 128 cm³/mol. The Labute approximate surface area is 200 Å². The number of guanidine groups is 1. The van der Waals surface area contributed by atoms with Gasteiger partial charge in [0, 0.05) is 37.3 Å². The van der Waals surface area contributed by atoms with E-state index < -0.39 is 11.4 Å². The molecular weight excluding hydrogens is 512 g/mol. The van der Waals surface area contributed by atoms with Gasteiger partial charge in [-0.2, -0.15) is 5.26 Å². The highest BCUT2D eigenvalue weighted by molar-refractivity contribution is 14.0. The molecule has 2 aliphatic rings. The number of nitrogens with zero attached hydrogens (tertiary/aromatic N) is 3. The largest absolute Gasteiger partial charge is 0.444 e. The van der Waals surface area contributed by atoms with Crippen LogP contribution in [0, 0.1) is 17.1 Å². The van der Waals surface area contributed by atoms with E-state index in [4.69, 9.17) is 10.00 Å². The van der Waals surface area contributed by atoms with Crippen molar-refractivity contribution in [2.45, 2.75) is 76.7 Å². The molecule has 0 spiro atoms. The molecule has 0 aliphatic carbocycles. The molecule has 170 valence electrons. The van der Waals surface area contributed by atoms with E-state index in [0.29, 0.717) is 17.1 Å². The maximum atomic E-state index is 14.1. The molecule has 2 unspecified atom stereocenters. The van der Waals surface area contributed by atoms with Crippen LogP contribution < -0.4 is 10.6 Å². The summed E-state index contributed by atoms with van der Waals surface area (Å²) in [4.78, 5) is 18.7. The number of amides is 1. The van der Waals surface area contributed by atoms with Crippen LogP contribution >= 0.6 is 24.0 Å². The summed E-state index contributed by atoms with van der Waals surface area (Å²) < 4.78 is 19.7. The van der Waals surface area contributed by atoms with E-state index in [1.807, 2.05) is 31.7 Å². The number of nitrogens with one attached hydrogen (secondary N) is 2. The van der Waals surface area contributed by atoms with Crippen LogP contribution in [0.25, 0.3) is 0 Å². The second-order valence-corrected chi connectivity index (χ2v) is 8.93. The van der Waals surface area contributed by atoms with Gasteiger partial charge >= 0.3 is 6.09 Å². The zero-order valence-corrected chi connectivity index (χ0v) is 20.8. The van der Waals surface area contributed by atoms with Gasteiger partial charge in [0.05, 0.1) is 11.6 Å². The lowest BCUT2D eigenvalue weighted by molar-refractivity contribution is 0.00545. The van der Waals surface area contributed by atoms with Crippen molar-refractivity contribution in [2.75, 3.05) is 7.05 Å². The highest BCUT2D eigenvalue weighted by Crippen LogP contribution is 2.36. The van der Waals surface area contributed by atoms with Crippen molar-refractivity contribution in [3.8, 4) is 6.07 Å². The number of hydrogen-bond donors (Lipinski definition) is 2. The molecule has 2 heterocycles. The van der Waals surface area contributed by atoms with Crippen LogP contribution in [0.15, 0.2) is 23.2 Å². The SMILES string of the molecule is CN=C(NCc1ccc(C#N)cc1F)NC1CC2CCC(C1)N2C(=O)OC(C)(C)C.I. The topological polar surface area (TPSA) is 89.8 Å². The van der Waals surface area contributed by atoms with Gasteiger partial charge in [-0.25, -0.2) is 9.18 Å². The van der Waals surface area contributed by atoms with Gasteiger partial charge in [-0.05, 0) is 58.6 Å². The lowest BCUT2D eigenvalue weighted by Gasteiger charge is -2.40. The number of hydrogen-bond acceptors (Lipinski definition) is 4. The third-order valence-electron chi connectivity index (χ3n) is 5.53. The fourth-order valence-electron chi connectivity index (χ4n) is 4.23. The maximum absolute atomic E-state index is 14.1. The van der Waals surface area contributed by atoms with E-state index in [1.54, 1.807) is 19.2 Å². The van der Waals surface area contributed by atoms with E-state index in [9.17, 15) is 9.18 Å². The van der Waals surface area contributed by atoms with Crippen molar-refractivity contribution in [3.05, 3.63) is 35.1 Å². The molecule has 1 amide bonds. The minimum absolute atomic E-state index is 0. The molecule has 2 aliphatic heterocycles. The minimum Gasteiger partial charge on any atom is -0.444 e. The number of carbonyl (C=O) groups excluding carboxylic acids is 1. The number of nitriles is 1. The second kappa shape index (κ2) is 10.5. The molecule has 31 heavy (non-hydrogen) atoms. The summed E-state index contributed by atoms with van der Waals surface area (Å²) in [5.74, 6) is 0.176. The third-order valence-corrected chi connectivity index (χ3v) is 5.53. The molecular formula is C22H31FIN5O2. The van der Waals surface area contributed by atoms with E-state index in [1.165, 1.54) is 6.07 Å². The number of fused-ring (bicyclic) bond motifs is 2. The summed E-state index contributed by atoms with van der Waals surface area (Å²) in [6.45, 7) is 5.91. The van der Waals surface area contributed by atoms with Crippen LogP contribution in [0.3, 0.4) is 0 Å². The fourth-order valence-corrected chi connectivity index (χ4v) is 4.23. The van der Waals surface area contributed by atoms with Gasteiger partial charge < -0.3 is 20.3 Å². The first-order valence-corrected chi connectivity index (χ1v) is 10.4. The van der Waals surface area contributed by atoms with Crippen molar-refractivity contribution in [1.29, 1.82) is 5.26 Å². The minimum atomic E-state index is -0.502. The Balaban J connectivity index is 0.00000341. The highest BCUT2D eigenvalue weighted by Gasteiger charge is 2.45. The summed E-state index contributed by atoms with van der Waals surface area (Å²) in [6.07, 6.45) is 3.37. The van der Waals surface area contributed by atoms with Gasteiger partial charge in [0.2, 0.25) is 0 Å². The van der Waals surface area contributed by atoms with E-state index in [0.717, 1.165) is 25.7 Å². The first-order valence-electron chi connectivity index (χ1n) is 10.4. The molecule has 2 atom stereocenters. The summed E-state index contributed by atoms with van der Waals surface area (Å²) >= 11 is 0. The first-order chi connectivity index (χ1) is 14.2. The zero-order chi connectivity index (χ0) is 21.9. The Morgan fingerprint density at radius 2 is 1.97 bits per heavy atom. The Kier molecular flexibility index (Phi) is 8.51. The lowest BCUT2D eigenvalue weighted by atomic mass is 9.98. The number of rotatable bonds is 3. The number of benzene rings is 1. The molecule has 2 bridgehead atoms. The van der Waals surface area contributed by atoms with E-state index in [-0.39, 0.29) is 54.7 Å². The second-order valence-electron chi connectivity index (χ2n) is 8.93. The van der Waals surface area contributed by atoms with Crippen LogP contribution in [0.5, 0.6) is 0 Å². The number of piperidine rings is 1. The highest BCUT2D eigenvalue weighted by atomic mass is 127.